The van der Waals surface area contributed by atoms with Gasteiger partial charge in [0, 0.05) is 36.5 Å². The lowest BCUT2D eigenvalue weighted by Gasteiger charge is -2.29. The van der Waals surface area contributed by atoms with Crippen molar-refractivity contribution in [3.63, 3.8) is 0 Å². The molecule has 0 fully saturated rings. The molecule has 1 aliphatic rings. The topological polar surface area (TPSA) is 93.8 Å². The number of carbonyl (C=O) groups is 2. The van der Waals surface area contributed by atoms with Crippen LogP contribution in [0, 0.1) is 0 Å². The van der Waals surface area contributed by atoms with Crippen molar-refractivity contribution in [2.75, 3.05) is 26.9 Å². The van der Waals surface area contributed by atoms with E-state index in [1.54, 1.807) is 40.3 Å². The lowest BCUT2D eigenvalue weighted by molar-refractivity contribution is 0.0218. The van der Waals surface area contributed by atoms with Crippen molar-refractivity contribution >= 4 is 11.9 Å². The standard InChI is InChI=1S/C27H31N3O5/c1-27(2,3)35-26(32)30-16-21-24(22(31)17-30)20(14-18-8-6-5-7-9-18)25(29-21)19-10-11-28-15-23(19)34-13-12-33-4/h5-11,15,29H,12-14,16-17H2,1-4H3. The van der Waals surface area contributed by atoms with Crippen LogP contribution in [0.25, 0.3) is 11.3 Å². The zero-order valence-electron chi connectivity index (χ0n) is 20.6. The van der Waals surface area contributed by atoms with E-state index in [-0.39, 0.29) is 18.9 Å². The molecule has 184 valence electrons. The first-order valence-corrected chi connectivity index (χ1v) is 11.6. The number of nitrogens with zero attached hydrogens (tertiary/aromatic N) is 2. The zero-order chi connectivity index (χ0) is 25.0. The van der Waals surface area contributed by atoms with E-state index < -0.39 is 11.7 Å². The van der Waals surface area contributed by atoms with Gasteiger partial charge < -0.3 is 19.2 Å². The van der Waals surface area contributed by atoms with Crippen molar-refractivity contribution < 1.29 is 23.8 Å². The molecule has 3 heterocycles. The summed E-state index contributed by atoms with van der Waals surface area (Å²) >= 11 is 0. The number of ketones is 1. The highest BCUT2D eigenvalue weighted by atomic mass is 16.6. The number of benzene rings is 1. The van der Waals surface area contributed by atoms with Gasteiger partial charge in [0.05, 0.1) is 31.6 Å². The molecule has 1 N–H and O–H groups in total. The van der Waals surface area contributed by atoms with Crippen LogP contribution in [0.15, 0.2) is 48.8 Å². The Bertz CT molecular complexity index is 1200. The Morgan fingerprint density at radius 2 is 1.89 bits per heavy atom. The third-order valence-electron chi connectivity index (χ3n) is 5.62. The second kappa shape index (κ2) is 10.3. The molecular formula is C27H31N3O5. The SMILES string of the molecule is COCCOc1cnccc1-c1[nH]c2c(c1Cc1ccccc1)C(=O)CN(C(=O)OC(C)(C)C)C2. The van der Waals surface area contributed by atoms with Gasteiger partial charge in [0.15, 0.2) is 5.78 Å². The molecule has 3 aromatic rings. The molecule has 0 aliphatic carbocycles. The number of rotatable bonds is 7. The van der Waals surface area contributed by atoms with Crippen LogP contribution in [0.3, 0.4) is 0 Å². The number of pyridine rings is 1. The minimum atomic E-state index is -0.648. The highest BCUT2D eigenvalue weighted by Gasteiger charge is 2.34. The van der Waals surface area contributed by atoms with Gasteiger partial charge in [-0.3, -0.25) is 14.7 Å². The summed E-state index contributed by atoms with van der Waals surface area (Å²) < 4.78 is 16.6. The third-order valence-corrected chi connectivity index (χ3v) is 5.62. The number of amides is 1. The summed E-state index contributed by atoms with van der Waals surface area (Å²) in [7, 11) is 1.62. The van der Waals surface area contributed by atoms with Gasteiger partial charge in [-0.1, -0.05) is 30.3 Å². The first kappa shape index (κ1) is 24.5. The van der Waals surface area contributed by atoms with E-state index in [1.165, 1.54) is 4.90 Å². The van der Waals surface area contributed by atoms with Crippen LogP contribution in [0.4, 0.5) is 4.79 Å². The van der Waals surface area contributed by atoms with Gasteiger partial charge in [-0.25, -0.2) is 4.79 Å². The Hall–Kier alpha value is -3.65. The Morgan fingerprint density at radius 3 is 2.60 bits per heavy atom. The molecule has 0 saturated heterocycles. The highest BCUT2D eigenvalue weighted by molar-refractivity contribution is 6.04. The monoisotopic (exact) mass is 477 g/mol. The quantitative estimate of drug-likeness (QED) is 0.499. The predicted octanol–water partition coefficient (Wildman–Crippen LogP) is 4.63. The normalized spacial score (nSPS) is 13.5. The molecule has 8 heteroatoms. The van der Waals surface area contributed by atoms with E-state index in [0.29, 0.717) is 36.6 Å². The Kier molecular flexibility index (Phi) is 7.21. The molecule has 8 nitrogen and oxygen atoms in total. The molecule has 1 aromatic carbocycles. The fourth-order valence-electron chi connectivity index (χ4n) is 4.15. The van der Waals surface area contributed by atoms with E-state index in [1.807, 2.05) is 36.4 Å². The van der Waals surface area contributed by atoms with Crippen LogP contribution >= 0.6 is 0 Å². The summed E-state index contributed by atoms with van der Waals surface area (Å²) in [4.78, 5) is 35.2. The van der Waals surface area contributed by atoms with Gasteiger partial charge >= 0.3 is 6.09 Å². The Labute approximate surface area is 205 Å². The first-order chi connectivity index (χ1) is 16.8. The van der Waals surface area contributed by atoms with Crippen LogP contribution in [0.1, 0.15) is 48.0 Å². The zero-order valence-corrected chi connectivity index (χ0v) is 20.6. The minimum Gasteiger partial charge on any atom is -0.489 e. The van der Waals surface area contributed by atoms with Gasteiger partial charge in [-0.05, 0) is 38.0 Å². The van der Waals surface area contributed by atoms with Gasteiger partial charge in [0.1, 0.15) is 18.0 Å². The average molecular weight is 478 g/mol. The number of ether oxygens (including phenoxy) is 3. The number of carbonyl (C=O) groups excluding carboxylic acids is 2. The largest absolute Gasteiger partial charge is 0.489 e. The number of aromatic amines is 1. The molecule has 0 unspecified atom stereocenters. The molecule has 0 saturated carbocycles. The Morgan fingerprint density at radius 1 is 1.11 bits per heavy atom. The molecule has 0 radical (unpaired) electrons. The van der Waals surface area contributed by atoms with Gasteiger partial charge in [-0.2, -0.15) is 0 Å². The highest BCUT2D eigenvalue weighted by Crippen LogP contribution is 2.37. The maximum absolute atomic E-state index is 13.4. The second-order valence-electron chi connectivity index (χ2n) is 9.47. The van der Waals surface area contributed by atoms with Crippen LogP contribution in [-0.4, -0.2) is 59.2 Å². The number of aromatic nitrogens is 2. The molecule has 0 bridgehead atoms. The Balaban J connectivity index is 1.76. The van der Waals surface area contributed by atoms with Crippen LogP contribution in [0.5, 0.6) is 5.75 Å². The van der Waals surface area contributed by atoms with E-state index in [0.717, 1.165) is 22.4 Å². The summed E-state index contributed by atoms with van der Waals surface area (Å²) in [6, 6.07) is 11.9. The number of fused-ring (bicyclic) bond motifs is 1. The lowest BCUT2D eigenvalue weighted by atomic mass is 9.93. The van der Waals surface area contributed by atoms with Crippen molar-refractivity contribution in [1.29, 1.82) is 0 Å². The molecule has 35 heavy (non-hydrogen) atoms. The maximum atomic E-state index is 13.4. The predicted molar refractivity (Wildman–Crippen MR) is 132 cm³/mol. The molecule has 2 aromatic heterocycles. The van der Waals surface area contributed by atoms with Crippen molar-refractivity contribution in [3.8, 4) is 17.0 Å². The lowest BCUT2D eigenvalue weighted by Crippen LogP contribution is -2.42. The van der Waals surface area contributed by atoms with Crippen molar-refractivity contribution in [3.05, 3.63) is 71.2 Å². The van der Waals surface area contributed by atoms with Crippen molar-refractivity contribution in [2.24, 2.45) is 0 Å². The molecular weight excluding hydrogens is 446 g/mol. The molecule has 0 atom stereocenters. The third kappa shape index (κ3) is 5.71. The molecule has 0 spiro atoms. The number of hydrogen-bond acceptors (Lipinski definition) is 6. The first-order valence-electron chi connectivity index (χ1n) is 11.6. The smallest absolute Gasteiger partial charge is 0.411 e. The molecule has 4 rings (SSSR count). The van der Waals surface area contributed by atoms with Gasteiger partial charge in [0.25, 0.3) is 0 Å². The van der Waals surface area contributed by atoms with Crippen molar-refractivity contribution in [1.82, 2.24) is 14.9 Å². The van der Waals surface area contributed by atoms with Crippen molar-refractivity contribution in [2.45, 2.75) is 39.3 Å². The summed E-state index contributed by atoms with van der Waals surface area (Å²) in [5.41, 5.74) is 4.21. The minimum absolute atomic E-state index is 0.0332. The fraction of sp³-hybridized carbons (Fsp3) is 0.370. The van der Waals surface area contributed by atoms with E-state index >= 15 is 0 Å². The number of hydrogen-bond donors (Lipinski definition) is 1. The molecule has 1 aliphatic heterocycles. The maximum Gasteiger partial charge on any atom is 0.411 e. The molecule has 1 amide bonds. The van der Waals surface area contributed by atoms with E-state index in [2.05, 4.69) is 9.97 Å². The summed E-state index contributed by atoms with van der Waals surface area (Å²) in [5, 5.41) is 0. The van der Waals surface area contributed by atoms with Gasteiger partial charge in [0.2, 0.25) is 0 Å². The fourth-order valence-corrected chi connectivity index (χ4v) is 4.15. The van der Waals surface area contributed by atoms with E-state index in [9.17, 15) is 9.59 Å². The summed E-state index contributed by atoms with van der Waals surface area (Å²) in [6.45, 7) is 6.45. The van der Waals surface area contributed by atoms with Crippen LogP contribution < -0.4 is 4.74 Å². The summed E-state index contributed by atoms with van der Waals surface area (Å²) in [5.74, 6) is 0.468. The number of methoxy groups -OCH3 is 1. The van der Waals surface area contributed by atoms with Crippen LogP contribution in [0.2, 0.25) is 0 Å². The summed E-state index contributed by atoms with van der Waals surface area (Å²) in [6.07, 6.45) is 3.40. The average Bonchev–Trinajstić information content (AvgIpc) is 3.17. The number of H-pyrrole nitrogens is 1. The number of Topliss-reactive ketones (excluding diaryl/α,β-unsaturated/α-hetero) is 1. The van der Waals surface area contributed by atoms with Gasteiger partial charge in [-0.15, -0.1) is 0 Å². The van der Waals surface area contributed by atoms with E-state index in [4.69, 9.17) is 14.2 Å². The number of nitrogens with one attached hydrogen (secondary N) is 1. The van der Waals surface area contributed by atoms with Crippen LogP contribution in [-0.2, 0) is 22.4 Å². The second-order valence-corrected chi connectivity index (χ2v) is 9.47.